The number of hydrogen-bond acceptors (Lipinski definition) is 3. The van der Waals surface area contributed by atoms with Gasteiger partial charge < -0.3 is 20.4 Å². The van der Waals surface area contributed by atoms with Crippen molar-refractivity contribution in [1.82, 2.24) is 0 Å². The van der Waals surface area contributed by atoms with Gasteiger partial charge in [-0.1, -0.05) is 18.2 Å². The summed E-state index contributed by atoms with van der Waals surface area (Å²) in [4.78, 5) is 10.7. The highest BCUT2D eigenvalue weighted by atomic mass is 16.5. The lowest BCUT2D eigenvalue weighted by Crippen LogP contribution is -2.47. The first-order valence-electron chi connectivity index (χ1n) is 6.00. The minimum Gasteiger partial charge on any atom is -0.545 e. The minimum atomic E-state index is -1.18. The Kier molecular flexibility index (Phi) is 4.15. The van der Waals surface area contributed by atoms with Gasteiger partial charge in [0.2, 0.25) is 0 Å². The van der Waals surface area contributed by atoms with Gasteiger partial charge in [0.25, 0.3) is 0 Å². The van der Waals surface area contributed by atoms with Crippen molar-refractivity contribution in [2.75, 3.05) is 0 Å². The van der Waals surface area contributed by atoms with Crippen LogP contribution in [0.5, 0.6) is 5.75 Å². The molecule has 0 amide bonds. The molecule has 0 saturated heterocycles. The molecule has 0 atom stereocenters. The molecule has 0 fully saturated rings. The molecule has 2 rings (SSSR count). The van der Waals surface area contributed by atoms with Crippen LogP contribution in [0.3, 0.4) is 0 Å². The standard InChI is InChI=1S/C15H15NO3/c16-9-11-4-6-14(7-5-11)19-10-12-2-1-3-13(8-12)15(17)18/h1-8H,9-10,16H2,(H,17,18). The number of benzene rings is 2. The molecule has 0 saturated carbocycles. The van der Waals surface area contributed by atoms with Crippen molar-refractivity contribution in [1.29, 1.82) is 0 Å². The molecule has 0 bridgehead atoms. The number of rotatable bonds is 5. The van der Waals surface area contributed by atoms with E-state index < -0.39 is 5.97 Å². The topological polar surface area (TPSA) is 77.0 Å². The summed E-state index contributed by atoms with van der Waals surface area (Å²) in [7, 11) is 0. The van der Waals surface area contributed by atoms with Gasteiger partial charge in [-0.25, -0.2) is 0 Å². The van der Waals surface area contributed by atoms with Crippen molar-refractivity contribution in [3.05, 3.63) is 65.2 Å². The maximum atomic E-state index is 10.7. The van der Waals surface area contributed by atoms with Crippen molar-refractivity contribution in [2.24, 2.45) is 0 Å². The number of ether oxygens (including phenoxy) is 1. The molecule has 4 heteroatoms. The molecule has 4 nitrogen and oxygen atoms in total. The molecule has 0 aliphatic carbocycles. The van der Waals surface area contributed by atoms with Crippen LogP contribution in [0.1, 0.15) is 21.5 Å². The first kappa shape index (κ1) is 13.1. The average Bonchev–Trinajstić information content (AvgIpc) is 2.46. The number of carboxylic acids is 1. The summed E-state index contributed by atoms with van der Waals surface area (Å²) in [5, 5.41) is 10.7. The number of carbonyl (C=O) groups excluding carboxylic acids is 1. The SMILES string of the molecule is [NH3+]Cc1ccc(OCc2cccc(C(=O)[O-])c2)cc1. The highest BCUT2D eigenvalue weighted by Crippen LogP contribution is 2.14. The molecule has 0 heterocycles. The highest BCUT2D eigenvalue weighted by molar-refractivity contribution is 5.85. The molecular weight excluding hydrogens is 242 g/mol. The van der Waals surface area contributed by atoms with E-state index in [1.54, 1.807) is 12.1 Å². The van der Waals surface area contributed by atoms with E-state index in [2.05, 4.69) is 5.73 Å². The van der Waals surface area contributed by atoms with Gasteiger partial charge in [-0.2, -0.15) is 0 Å². The minimum absolute atomic E-state index is 0.161. The summed E-state index contributed by atoms with van der Waals surface area (Å²) >= 11 is 0. The molecule has 0 aromatic heterocycles. The molecule has 98 valence electrons. The molecule has 2 aromatic carbocycles. The Hall–Kier alpha value is -2.33. The van der Waals surface area contributed by atoms with Crippen molar-refractivity contribution < 1.29 is 20.4 Å². The first-order chi connectivity index (χ1) is 9.19. The van der Waals surface area contributed by atoms with Gasteiger partial charge in [0.15, 0.2) is 0 Å². The van der Waals surface area contributed by atoms with Gasteiger partial charge in [0, 0.05) is 5.56 Å². The third kappa shape index (κ3) is 3.56. The quantitative estimate of drug-likeness (QED) is 0.840. The number of quaternary nitrogens is 1. The van der Waals surface area contributed by atoms with E-state index in [-0.39, 0.29) is 5.56 Å². The number of aromatic carboxylic acids is 1. The molecule has 0 spiro atoms. The maximum absolute atomic E-state index is 10.7. The van der Waals surface area contributed by atoms with E-state index in [0.29, 0.717) is 6.61 Å². The molecule has 0 aliphatic rings. The van der Waals surface area contributed by atoms with Gasteiger partial charge in [-0.3, -0.25) is 0 Å². The van der Waals surface area contributed by atoms with Crippen LogP contribution in [0.2, 0.25) is 0 Å². The Morgan fingerprint density at radius 1 is 1.11 bits per heavy atom. The average molecular weight is 257 g/mol. The Labute approximate surface area is 111 Å². The zero-order chi connectivity index (χ0) is 13.7. The van der Waals surface area contributed by atoms with Gasteiger partial charge in [-0.15, -0.1) is 0 Å². The molecule has 19 heavy (non-hydrogen) atoms. The van der Waals surface area contributed by atoms with Gasteiger partial charge >= 0.3 is 0 Å². The summed E-state index contributed by atoms with van der Waals surface area (Å²) in [5.41, 5.74) is 5.90. The van der Waals surface area contributed by atoms with Crippen molar-refractivity contribution >= 4 is 5.97 Å². The number of carbonyl (C=O) groups is 1. The second-order valence-corrected chi connectivity index (χ2v) is 4.17. The second-order valence-electron chi connectivity index (χ2n) is 4.17. The Morgan fingerprint density at radius 3 is 2.47 bits per heavy atom. The second kappa shape index (κ2) is 6.02. The molecule has 0 unspecified atom stereocenters. The fourth-order valence-electron chi connectivity index (χ4n) is 1.71. The lowest BCUT2D eigenvalue weighted by Gasteiger charge is -2.08. The zero-order valence-corrected chi connectivity index (χ0v) is 10.5. The van der Waals surface area contributed by atoms with Crippen LogP contribution < -0.4 is 15.6 Å². The van der Waals surface area contributed by atoms with Crippen LogP contribution in [0.25, 0.3) is 0 Å². The van der Waals surface area contributed by atoms with E-state index in [1.165, 1.54) is 6.07 Å². The van der Waals surface area contributed by atoms with Gasteiger partial charge in [-0.05, 0) is 41.5 Å². The predicted molar refractivity (Wildman–Crippen MR) is 68.1 cm³/mol. The number of hydrogen-bond donors (Lipinski definition) is 1. The lowest BCUT2D eigenvalue weighted by atomic mass is 10.1. The summed E-state index contributed by atoms with van der Waals surface area (Å²) in [6.07, 6.45) is 0. The van der Waals surface area contributed by atoms with Crippen LogP contribution in [-0.4, -0.2) is 5.97 Å². The molecule has 2 aromatic rings. The third-order valence-corrected chi connectivity index (χ3v) is 2.78. The monoisotopic (exact) mass is 257 g/mol. The fourth-order valence-corrected chi connectivity index (χ4v) is 1.71. The van der Waals surface area contributed by atoms with Gasteiger partial charge in [0.1, 0.15) is 12.4 Å². The van der Waals surface area contributed by atoms with Crippen LogP contribution >= 0.6 is 0 Å². The summed E-state index contributed by atoms with van der Waals surface area (Å²) in [6, 6.07) is 14.2. The fraction of sp³-hybridized carbons (Fsp3) is 0.133. The molecule has 0 aliphatic heterocycles. The zero-order valence-electron chi connectivity index (χ0n) is 10.5. The predicted octanol–water partition coefficient (Wildman–Crippen LogP) is 0.371. The molecule has 0 radical (unpaired) electrons. The van der Waals surface area contributed by atoms with Crippen molar-refractivity contribution in [3.63, 3.8) is 0 Å². The highest BCUT2D eigenvalue weighted by Gasteiger charge is 1.99. The summed E-state index contributed by atoms with van der Waals surface area (Å²) in [6.45, 7) is 1.07. The first-order valence-corrected chi connectivity index (χ1v) is 6.00. The normalized spacial score (nSPS) is 10.2. The summed E-state index contributed by atoms with van der Waals surface area (Å²) in [5.74, 6) is -0.433. The van der Waals surface area contributed by atoms with E-state index in [1.807, 2.05) is 30.3 Å². The third-order valence-electron chi connectivity index (χ3n) is 2.78. The van der Waals surface area contributed by atoms with E-state index in [4.69, 9.17) is 4.74 Å². The van der Waals surface area contributed by atoms with E-state index >= 15 is 0 Å². The Morgan fingerprint density at radius 2 is 1.84 bits per heavy atom. The van der Waals surface area contributed by atoms with Crippen LogP contribution in [0.15, 0.2) is 48.5 Å². The lowest BCUT2D eigenvalue weighted by molar-refractivity contribution is -0.386. The van der Waals surface area contributed by atoms with Crippen molar-refractivity contribution in [2.45, 2.75) is 13.2 Å². The largest absolute Gasteiger partial charge is 0.545 e. The maximum Gasteiger partial charge on any atom is 0.119 e. The van der Waals surface area contributed by atoms with Crippen LogP contribution in [0.4, 0.5) is 0 Å². The molecular formula is C15H15NO3. The Balaban J connectivity index is 2.01. The van der Waals surface area contributed by atoms with Crippen LogP contribution in [0, 0.1) is 0 Å². The van der Waals surface area contributed by atoms with E-state index in [9.17, 15) is 9.90 Å². The van der Waals surface area contributed by atoms with Crippen LogP contribution in [-0.2, 0) is 13.2 Å². The molecule has 3 N–H and O–H groups in total. The van der Waals surface area contributed by atoms with E-state index in [0.717, 1.165) is 23.4 Å². The number of carboxylic acid groups (broad SMARTS) is 1. The summed E-state index contributed by atoms with van der Waals surface area (Å²) < 4.78 is 5.59. The smallest absolute Gasteiger partial charge is 0.119 e. The van der Waals surface area contributed by atoms with Gasteiger partial charge in [0.05, 0.1) is 12.5 Å². The van der Waals surface area contributed by atoms with Crippen molar-refractivity contribution in [3.8, 4) is 5.75 Å². The Bertz CT molecular complexity index is 564.